The van der Waals surface area contributed by atoms with Gasteiger partial charge in [0.2, 0.25) is 10.0 Å². The summed E-state index contributed by atoms with van der Waals surface area (Å²) in [6, 6.07) is 2.87. The number of amides is 1. The smallest absolute Gasteiger partial charge is 0.254 e. The van der Waals surface area contributed by atoms with E-state index in [1.807, 2.05) is 24.6 Å². The van der Waals surface area contributed by atoms with Crippen molar-refractivity contribution >= 4 is 15.9 Å². The third-order valence-electron chi connectivity index (χ3n) is 3.64. The van der Waals surface area contributed by atoms with Crippen LogP contribution in [0, 0.1) is 5.82 Å². The minimum Gasteiger partial charge on any atom is -0.352 e. The number of aromatic nitrogens is 2. The van der Waals surface area contributed by atoms with E-state index in [-0.39, 0.29) is 10.5 Å². The molecule has 0 radical (unpaired) electrons. The second-order valence-electron chi connectivity index (χ2n) is 5.93. The Morgan fingerprint density at radius 3 is 2.76 bits per heavy atom. The van der Waals surface area contributed by atoms with Gasteiger partial charge in [0.1, 0.15) is 11.6 Å². The Labute approximate surface area is 146 Å². The fourth-order valence-electron chi connectivity index (χ4n) is 2.41. The summed E-state index contributed by atoms with van der Waals surface area (Å²) in [4.78, 5) is 16.0. The molecule has 25 heavy (non-hydrogen) atoms. The summed E-state index contributed by atoms with van der Waals surface area (Å²) in [5.74, 6) is -0.239. The molecule has 1 aromatic heterocycles. The molecule has 1 aromatic carbocycles. The number of rotatable bonds is 7. The Morgan fingerprint density at radius 1 is 1.40 bits per heavy atom. The molecule has 3 N–H and O–H groups in total. The number of hydrogen-bond donors (Lipinski definition) is 2. The van der Waals surface area contributed by atoms with Gasteiger partial charge in [0.05, 0.1) is 10.5 Å². The number of halogens is 1. The number of primary sulfonamides is 1. The number of imidazole rings is 1. The van der Waals surface area contributed by atoms with Crippen molar-refractivity contribution in [3.63, 3.8) is 0 Å². The SMILES string of the molecule is CC(C)c1nccn1CCCNC(=O)c1cc(S(N)(=O)=O)ccc1F. The van der Waals surface area contributed by atoms with E-state index in [0.29, 0.717) is 25.4 Å². The lowest BCUT2D eigenvalue weighted by Gasteiger charge is -2.11. The number of nitrogens with one attached hydrogen (secondary N) is 1. The minimum absolute atomic E-state index is 0.291. The molecule has 0 saturated heterocycles. The second kappa shape index (κ2) is 7.75. The highest BCUT2D eigenvalue weighted by Gasteiger charge is 2.16. The first-order chi connectivity index (χ1) is 11.7. The van der Waals surface area contributed by atoms with Gasteiger partial charge in [-0.1, -0.05) is 13.8 Å². The van der Waals surface area contributed by atoms with Gasteiger partial charge in [-0.2, -0.15) is 0 Å². The normalized spacial score (nSPS) is 11.7. The molecule has 2 aromatic rings. The molecule has 0 bridgehead atoms. The number of benzene rings is 1. The van der Waals surface area contributed by atoms with Crippen molar-refractivity contribution < 1.29 is 17.6 Å². The molecular weight excluding hydrogens is 347 g/mol. The predicted molar refractivity (Wildman–Crippen MR) is 91.0 cm³/mol. The van der Waals surface area contributed by atoms with Crippen molar-refractivity contribution in [3.8, 4) is 0 Å². The Morgan fingerprint density at radius 2 is 2.12 bits per heavy atom. The quantitative estimate of drug-likeness (QED) is 0.724. The van der Waals surface area contributed by atoms with Crippen LogP contribution in [0.3, 0.4) is 0 Å². The minimum atomic E-state index is -4.00. The molecule has 9 heteroatoms. The van der Waals surface area contributed by atoms with Crippen molar-refractivity contribution in [1.82, 2.24) is 14.9 Å². The van der Waals surface area contributed by atoms with Crippen molar-refractivity contribution in [2.45, 2.75) is 37.6 Å². The van der Waals surface area contributed by atoms with E-state index in [2.05, 4.69) is 10.3 Å². The maximum atomic E-state index is 13.8. The molecule has 0 fully saturated rings. The van der Waals surface area contributed by atoms with Gasteiger partial charge >= 0.3 is 0 Å². The topological polar surface area (TPSA) is 107 Å². The summed E-state index contributed by atoms with van der Waals surface area (Å²) in [6.45, 7) is 5.06. The van der Waals surface area contributed by atoms with Crippen LogP contribution < -0.4 is 10.5 Å². The molecule has 0 aliphatic rings. The van der Waals surface area contributed by atoms with Crippen LogP contribution in [0.2, 0.25) is 0 Å². The predicted octanol–water partition coefficient (Wildman–Crippen LogP) is 1.61. The Bertz CT molecular complexity index is 862. The first kappa shape index (κ1) is 19.1. The molecule has 0 spiro atoms. The molecule has 0 unspecified atom stereocenters. The number of carbonyl (C=O) groups is 1. The van der Waals surface area contributed by atoms with Gasteiger partial charge < -0.3 is 9.88 Å². The summed E-state index contributed by atoms with van der Waals surface area (Å²) in [6.07, 6.45) is 4.22. The van der Waals surface area contributed by atoms with E-state index in [4.69, 9.17) is 5.14 Å². The maximum Gasteiger partial charge on any atom is 0.254 e. The summed E-state index contributed by atoms with van der Waals surface area (Å²) in [5.41, 5.74) is -0.350. The standard InChI is InChI=1S/C16H21FN4O3S/c1-11(2)15-19-7-9-21(15)8-3-6-20-16(22)13-10-12(25(18,23)24)4-5-14(13)17/h4-5,7,9-11H,3,6,8H2,1-2H3,(H,20,22)(H2,18,23,24). The van der Waals surface area contributed by atoms with Gasteiger partial charge in [0.25, 0.3) is 5.91 Å². The number of nitrogens with zero attached hydrogens (tertiary/aromatic N) is 2. The fourth-order valence-corrected chi connectivity index (χ4v) is 2.95. The van der Waals surface area contributed by atoms with Gasteiger partial charge in [0, 0.05) is 31.4 Å². The lowest BCUT2D eigenvalue weighted by Crippen LogP contribution is -2.27. The van der Waals surface area contributed by atoms with Gasteiger partial charge in [-0.15, -0.1) is 0 Å². The van der Waals surface area contributed by atoms with Crippen LogP contribution in [0.4, 0.5) is 4.39 Å². The molecule has 0 saturated carbocycles. The summed E-state index contributed by atoms with van der Waals surface area (Å²) >= 11 is 0. The van der Waals surface area contributed by atoms with Crippen molar-refractivity contribution in [2.24, 2.45) is 5.14 Å². The zero-order valence-corrected chi connectivity index (χ0v) is 14.9. The van der Waals surface area contributed by atoms with Gasteiger partial charge in [-0.05, 0) is 24.6 Å². The number of nitrogens with two attached hydrogens (primary N) is 1. The summed E-state index contributed by atoms with van der Waals surface area (Å²) < 4.78 is 38.4. The zero-order chi connectivity index (χ0) is 18.6. The molecular formula is C16H21FN4O3S. The lowest BCUT2D eigenvalue weighted by molar-refractivity contribution is 0.0948. The highest BCUT2D eigenvalue weighted by atomic mass is 32.2. The van der Waals surface area contributed by atoms with Crippen LogP contribution in [0.15, 0.2) is 35.5 Å². The molecule has 7 nitrogen and oxygen atoms in total. The largest absolute Gasteiger partial charge is 0.352 e. The zero-order valence-electron chi connectivity index (χ0n) is 14.1. The molecule has 2 rings (SSSR count). The average Bonchev–Trinajstić information content (AvgIpc) is 2.99. The van der Waals surface area contributed by atoms with Crippen LogP contribution in [0.5, 0.6) is 0 Å². The highest BCUT2D eigenvalue weighted by molar-refractivity contribution is 7.89. The second-order valence-corrected chi connectivity index (χ2v) is 7.49. The highest BCUT2D eigenvalue weighted by Crippen LogP contribution is 2.14. The van der Waals surface area contributed by atoms with Crippen molar-refractivity contribution in [2.75, 3.05) is 6.54 Å². The first-order valence-electron chi connectivity index (χ1n) is 7.81. The molecule has 1 amide bonds. The fraction of sp³-hybridized carbons (Fsp3) is 0.375. The van der Waals surface area contributed by atoms with Gasteiger partial charge in [-0.25, -0.2) is 22.9 Å². The van der Waals surface area contributed by atoms with E-state index in [9.17, 15) is 17.6 Å². The average molecular weight is 368 g/mol. The molecule has 1 heterocycles. The third-order valence-corrected chi connectivity index (χ3v) is 4.55. The van der Waals surface area contributed by atoms with E-state index in [1.54, 1.807) is 6.20 Å². The van der Waals surface area contributed by atoms with E-state index in [1.165, 1.54) is 0 Å². The first-order valence-corrected chi connectivity index (χ1v) is 9.36. The molecule has 0 aliphatic heterocycles. The van der Waals surface area contributed by atoms with Gasteiger partial charge in [-0.3, -0.25) is 4.79 Å². The van der Waals surface area contributed by atoms with Crippen LogP contribution in [0.1, 0.15) is 42.4 Å². The lowest BCUT2D eigenvalue weighted by atomic mass is 10.2. The van der Waals surface area contributed by atoms with Crippen molar-refractivity contribution in [3.05, 3.63) is 47.8 Å². The monoisotopic (exact) mass is 368 g/mol. The third kappa shape index (κ3) is 4.86. The van der Waals surface area contributed by atoms with Crippen LogP contribution in [-0.4, -0.2) is 30.4 Å². The molecule has 136 valence electrons. The molecule has 0 aliphatic carbocycles. The van der Waals surface area contributed by atoms with Crippen LogP contribution >= 0.6 is 0 Å². The maximum absolute atomic E-state index is 13.8. The summed E-state index contributed by atoms with van der Waals surface area (Å²) in [5, 5.41) is 7.58. The van der Waals surface area contributed by atoms with Gasteiger partial charge in [0.15, 0.2) is 0 Å². The Hall–Kier alpha value is -2.26. The summed E-state index contributed by atoms with van der Waals surface area (Å²) in [7, 11) is -4.00. The van der Waals surface area contributed by atoms with Crippen molar-refractivity contribution in [1.29, 1.82) is 0 Å². The number of sulfonamides is 1. The number of aryl methyl sites for hydroxylation is 1. The van der Waals surface area contributed by atoms with E-state index >= 15 is 0 Å². The van der Waals surface area contributed by atoms with E-state index < -0.39 is 21.7 Å². The van der Waals surface area contributed by atoms with Crippen LogP contribution in [0.25, 0.3) is 0 Å². The Balaban J connectivity index is 1.96. The molecule has 0 atom stereocenters. The Kier molecular flexibility index (Phi) is 5.91. The number of hydrogen-bond acceptors (Lipinski definition) is 4. The number of carbonyl (C=O) groups excluding carboxylic acids is 1. The van der Waals surface area contributed by atoms with Crippen LogP contribution in [-0.2, 0) is 16.6 Å². The van der Waals surface area contributed by atoms with E-state index in [0.717, 1.165) is 24.0 Å².